The number of fused-ring (bicyclic) bond motifs is 1. The van der Waals surface area contributed by atoms with E-state index in [1.165, 1.54) is 6.20 Å². The Bertz CT molecular complexity index is 756. The SMILES string of the molecule is CCC1(CO)OC(c2cnc3c(=O)[nH]c(N)nn23)C(F)C1O. The molecule has 9 nitrogen and oxygen atoms in total. The monoisotopic (exact) mass is 313 g/mol. The van der Waals surface area contributed by atoms with Gasteiger partial charge in [0, 0.05) is 0 Å². The van der Waals surface area contributed by atoms with Gasteiger partial charge in [0.2, 0.25) is 11.6 Å². The van der Waals surface area contributed by atoms with Crippen molar-refractivity contribution in [1.29, 1.82) is 0 Å². The third-order valence-electron chi connectivity index (χ3n) is 4.07. The molecule has 0 amide bonds. The van der Waals surface area contributed by atoms with Crippen LogP contribution in [0.25, 0.3) is 5.65 Å². The predicted octanol–water partition coefficient (Wildman–Crippen LogP) is -1.09. The summed E-state index contributed by atoms with van der Waals surface area (Å²) in [6.07, 6.45) is -3.06. The number of aromatic amines is 1. The average molecular weight is 313 g/mol. The number of rotatable bonds is 3. The molecule has 2 aromatic rings. The van der Waals surface area contributed by atoms with Gasteiger partial charge in [-0.05, 0) is 6.42 Å². The van der Waals surface area contributed by atoms with Crippen molar-refractivity contribution in [2.45, 2.75) is 37.3 Å². The topological polar surface area (TPSA) is 139 Å². The molecule has 1 aliphatic rings. The van der Waals surface area contributed by atoms with Crippen LogP contribution >= 0.6 is 0 Å². The van der Waals surface area contributed by atoms with E-state index >= 15 is 0 Å². The van der Waals surface area contributed by atoms with Gasteiger partial charge in [0.05, 0.1) is 18.5 Å². The molecule has 1 saturated heterocycles. The molecule has 1 aliphatic heterocycles. The largest absolute Gasteiger partial charge is 0.393 e. The van der Waals surface area contributed by atoms with E-state index in [4.69, 9.17) is 10.5 Å². The lowest BCUT2D eigenvalue weighted by atomic mass is 9.93. The highest BCUT2D eigenvalue weighted by Crippen LogP contribution is 2.43. The zero-order valence-corrected chi connectivity index (χ0v) is 11.7. The van der Waals surface area contributed by atoms with Crippen molar-refractivity contribution < 1.29 is 19.3 Å². The maximum absolute atomic E-state index is 14.5. The van der Waals surface area contributed by atoms with E-state index in [0.717, 1.165) is 4.52 Å². The van der Waals surface area contributed by atoms with Crippen LogP contribution in [0.2, 0.25) is 0 Å². The summed E-state index contributed by atoms with van der Waals surface area (Å²) in [7, 11) is 0. The van der Waals surface area contributed by atoms with Gasteiger partial charge in [-0.3, -0.25) is 9.78 Å². The van der Waals surface area contributed by atoms with E-state index in [0.29, 0.717) is 0 Å². The lowest BCUT2D eigenvalue weighted by molar-refractivity contribution is -0.115. The van der Waals surface area contributed by atoms with Crippen LogP contribution in [0, 0.1) is 0 Å². The molecule has 120 valence electrons. The Morgan fingerprint density at radius 2 is 2.36 bits per heavy atom. The molecule has 4 unspecified atom stereocenters. The van der Waals surface area contributed by atoms with Gasteiger partial charge < -0.3 is 20.7 Å². The number of ether oxygens (including phenoxy) is 1. The smallest absolute Gasteiger partial charge is 0.295 e. The van der Waals surface area contributed by atoms with E-state index in [1.807, 2.05) is 0 Å². The number of nitrogens with zero attached hydrogens (tertiary/aromatic N) is 3. The highest BCUT2D eigenvalue weighted by molar-refractivity contribution is 5.39. The molecule has 0 radical (unpaired) electrons. The summed E-state index contributed by atoms with van der Waals surface area (Å²) in [5.41, 5.74) is 3.58. The summed E-state index contributed by atoms with van der Waals surface area (Å²) < 4.78 is 21.1. The third kappa shape index (κ3) is 1.91. The molecule has 0 aliphatic carbocycles. The van der Waals surface area contributed by atoms with Gasteiger partial charge >= 0.3 is 0 Å². The van der Waals surface area contributed by atoms with Gasteiger partial charge in [-0.25, -0.2) is 13.9 Å². The molecule has 3 heterocycles. The standard InChI is InChI=1S/C12H16FN5O4/c1-2-12(4-19)8(20)6(13)7(22-12)5-3-15-9-10(21)16-11(14)17-18(5)9/h3,6-8,19-20H,2,4H2,1H3,(H3,14,16,17,21). The first kappa shape index (κ1) is 14.9. The number of H-pyrrole nitrogens is 1. The molecule has 3 rings (SSSR count). The number of halogens is 1. The molecule has 4 atom stereocenters. The quantitative estimate of drug-likeness (QED) is 0.564. The average Bonchev–Trinajstić information content (AvgIpc) is 3.01. The number of aliphatic hydroxyl groups is 2. The van der Waals surface area contributed by atoms with Crippen LogP contribution in [-0.2, 0) is 4.74 Å². The number of nitrogens with two attached hydrogens (primary N) is 1. The van der Waals surface area contributed by atoms with Crippen LogP contribution in [-0.4, -0.2) is 54.3 Å². The lowest BCUT2D eigenvalue weighted by Gasteiger charge is -2.28. The Labute approximate surface area is 123 Å². The maximum atomic E-state index is 14.5. The van der Waals surface area contributed by atoms with E-state index in [9.17, 15) is 19.4 Å². The molecular formula is C12H16FN5O4. The number of hydrogen-bond acceptors (Lipinski definition) is 7. The summed E-state index contributed by atoms with van der Waals surface area (Å²) in [5.74, 6) is -0.158. The van der Waals surface area contributed by atoms with Crippen molar-refractivity contribution >= 4 is 11.6 Å². The van der Waals surface area contributed by atoms with Gasteiger partial charge in [0.1, 0.15) is 17.8 Å². The Hall–Kier alpha value is -2.04. The molecule has 0 aromatic carbocycles. The Morgan fingerprint density at radius 3 is 2.95 bits per heavy atom. The summed E-state index contributed by atoms with van der Waals surface area (Å²) in [5, 5.41) is 23.4. The van der Waals surface area contributed by atoms with Gasteiger partial charge in [-0.1, -0.05) is 6.92 Å². The van der Waals surface area contributed by atoms with Gasteiger partial charge in [0.15, 0.2) is 6.17 Å². The van der Waals surface area contributed by atoms with E-state index in [-0.39, 0.29) is 23.7 Å². The van der Waals surface area contributed by atoms with Crippen molar-refractivity contribution in [3.05, 3.63) is 22.2 Å². The fraction of sp³-hybridized carbons (Fsp3) is 0.583. The van der Waals surface area contributed by atoms with Crippen molar-refractivity contribution in [3.8, 4) is 0 Å². The summed E-state index contributed by atoms with van der Waals surface area (Å²) in [6, 6.07) is 0. The number of alkyl halides is 1. The second-order valence-electron chi connectivity index (χ2n) is 5.26. The Morgan fingerprint density at radius 1 is 1.64 bits per heavy atom. The minimum absolute atomic E-state index is 0.0625. The predicted molar refractivity (Wildman–Crippen MR) is 72.9 cm³/mol. The fourth-order valence-corrected chi connectivity index (χ4v) is 2.72. The van der Waals surface area contributed by atoms with Gasteiger partial charge in [-0.15, -0.1) is 5.10 Å². The fourth-order valence-electron chi connectivity index (χ4n) is 2.72. The van der Waals surface area contributed by atoms with E-state index < -0.39 is 36.1 Å². The zero-order chi connectivity index (χ0) is 16.1. The summed E-state index contributed by atoms with van der Waals surface area (Å²) in [4.78, 5) is 17.9. The molecule has 5 N–H and O–H groups in total. The van der Waals surface area contributed by atoms with Gasteiger partial charge in [0.25, 0.3) is 5.56 Å². The molecule has 2 aromatic heterocycles. The number of nitrogen functional groups attached to an aromatic ring is 1. The minimum Gasteiger partial charge on any atom is -0.393 e. The van der Waals surface area contributed by atoms with Crippen LogP contribution in [0.1, 0.15) is 25.1 Å². The first-order valence-electron chi connectivity index (χ1n) is 6.77. The normalized spacial score (nSPS) is 31.9. The first-order valence-corrected chi connectivity index (χ1v) is 6.77. The minimum atomic E-state index is -1.80. The van der Waals surface area contributed by atoms with Crippen molar-refractivity contribution in [1.82, 2.24) is 19.6 Å². The van der Waals surface area contributed by atoms with Crippen molar-refractivity contribution in [3.63, 3.8) is 0 Å². The number of imidazole rings is 1. The van der Waals surface area contributed by atoms with Gasteiger partial charge in [-0.2, -0.15) is 0 Å². The highest BCUT2D eigenvalue weighted by Gasteiger charge is 2.55. The molecule has 0 saturated carbocycles. The molecular weight excluding hydrogens is 297 g/mol. The molecule has 1 fully saturated rings. The van der Waals surface area contributed by atoms with Crippen molar-refractivity contribution in [2.24, 2.45) is 0 Å². The first-order chi connectivity index (χ1) is 10.4. The van der Waals surface area contributed by atoms with Crippen LogP contribution in [0.4, 0.5) is 10.3 Å². The van der Waals surface area contributed by atoms with Crippen LogP contribution in [0.3, 0.4) is 0 Å². The number of nitrogens with one attached hydrogen (secondary N) is 1. The highest BCUT2D eigenvalue weighted by atomic mass is 19.1. The van der Waals surface area contributed by atoms with Crippen LogP contribution in [0.5, 0.6) is 0 Å². The van der Waals surface area contributed by atoms with E-state index in [1.54, 1.807) is 6.92 Å². The number of aromatic nitrogens is 4. The number of aliphatic hydroxyl groups excluding tert-OH is 2. The third-order valence-corrected chi connectivity index (χ3v) is 4.07. The van der Waals surface area contributed by atoms with E-state index in [2.05, 4.69) is 15.1 Å². The number of hydrogen-bond donors (Lipinski definition) is 4. The second-order valence-corrected chi connectivity index (χ2v) is 5.26. The van der Waals surface area contributed by atoms with Crippen molar-refractivity contribution in [2.75, 3.05) is 12.3 Å². The maximum Gasteiger partial charge on any atom is 0.295 e. The van der Waals surface area contributed by atoms with Crippen LogP contribution in [0.15, 0.2) is 11.0 Å². The molecule has 10 heteroatoms. The Balaban J connectivity index is 2.11. The Kier molecular flexibility index (Phi) is 3.38. The molecule has 22 heavy (non-hydrogen) atoms. The summed E-state index contributed by atoms with van der Waals surface area (Å²) in [6.45, 7) is 1.14. The molecule has 0 bridgehead atoms. The summed E-state index contributed by atoms with van der Waals surface area (Å²) >= 11 is 0. The molecule has 0 spiro atoms. The van der Waals surface area contributed by atoms with Crippen LogP contribution < -0.4 is 11.3 Å². The zero-order valence-electron chi connectivity index (χ0n) is 11.7. The number of anilines is 1. The lowest BCUT2D eigenvalue weighted by Crippen LogP contribution is -2.44. The second kappa shape index (κ2) is 5.00.